The minimum atomic E-state index is -0.536. The van der Waals surface area contributed by atoms with Crippen molar-refractivity contribution in [1.29, 1.82) is 0 Å². The van der Waals surface area contributed by atoms with Gasteiger partial charge in [-0.05, 0) is 31.2 Å². The van der Waals surface area contributed by atoms with Crippen LogP contribution in [0.15, 0.2) is 45.6 Å². The van der Waals surface area contributed by atoms with Gasteiger partial charge in [-0.1, -0.05) is 12.1 Å². The van der Waals surface area contributed by atoms with Gasteiger partial charge in [0.1, 0.15) is 17.3 Å². The lowest BCUT2D eigenvalue weighted by Gasteiger charge is -2.15. The van der Waals surface area contributed by atoms with Crippen LogP contribution in [0.3, 0.4) is 0 Å². The number of para-hydroxylation sites is 1. The first kappa shape index (κ1) is 19.3. The number of hydrogen-bond donors (Lipinski definition) is 1. The van der Waals surface area contributed by atoms with E-state index in [1.54, 1.807) is 37.4 Å². The number of rotatable bonds is 7. The molecule has 0 fully saturated rings. The zero-order valence-electron chi connectivity index (χ0n) is 15.7. The Morgan fingerprint density at radius 2 is 2.00 bits per heavy atom. The number of ether oxygens (including phenoxy) is 1. The van der Waals surface area contributed by atoms with Crippen LogP contribution in [0.5, 0.6) is 0 Å². The van der Waals surface area contributed by atoms with Crippen LogP contribution in [0.25, 0.3) is 10.9 Å². The maximum absolute atomic E-state index is 12.1. The molecule has 8 heteroatoms. The summed E-state index contributed by atoms with van der Waals surface area (Å²) in [4.78, 5) is 44.4. The van der Waals surface area contributed by atoms with E-state index in [2.05, 4.69) is 9.97 Å². The average molecular weight is 383 g/mol. The topological polar surface area (TPSA) is 105 Å². The van der Waals surface area contributed by atoms with Crippen LogP contribution in [0.1, 0.15) is 23.8 Å². The molecule has 0 aliphatic heterocycles. The van der Waals surface area contributed by atoms with Crippen LogP contribution in [-0.4, -0.2) is 40.4 Å². The summed E-state index contributed by atoms with van der Waals surface area (Å²) in [5, 5.41) is 0.495. The predicted octanol–water partition coefficient (Wildman–Crippen LogP) is 1.96. The first-order valence-corrected chi connectivity index (χ1v) is 8.85. The molecule has 0 aliphatic carbocycles. The first-order valence-electron chi connectivity index (χ1n) is 8.85. The number of fused-ring (bicyclic) bond motifs is 1. The van der Waals surface area contributed by atoms with Crippen molar-refractivity contribution in [2.45, 2.75) is 26.3 Å². The van der Waals surface area contributed by atoms with Crippen LogP contribution in [0.2, 0.25) is 0 Å². The highest BCUT2D eigenvalue weighted by Gasteiger charge is 2.14. The number of aromatic nitrogens is 2. The van der Waals surface area contributed by atoms with Crippen molar-refractivity contribution in [2.24, 2.45) is 0 Å². The van der Waals surface area contributed by atoms with Crippen LogP contribution in [0, 0.1) is 6.92 Å². The molecule has 0 unspecified atom stereocenters. The van der Waals surface area contributed by atoms with Crippen LogP contribution in [0.4, 0.5) is 0 Å². The van der Waals surface area contributed by atoms with E-state index in [1.165, 1.54) is 4.90 Å². The average Bonchev–Trinajstić information content (AvgIpc) is 3.09. The number of H-pyrrole nitrogens is 1. The Labute approximate surface area is 161 Å². The van der Waals surface area contributed by atoms with E-state index in [0.29, 0.717) is 29.0 Å². The number of nitrogens with zero attached hydrogens (tertiary/aromatic N) is 2. The maximum Gasteiger partial charge on any atom is 0.306 e. The van der Waals surface area contributed by atoms with E-state index in [4.69, 9.17) is 9.15 Å². The van der Waals surface area contributed by atoms with E-state index in [-0.39, 0.29) is 30.9 Å². The molecule has 8 nitrogen and oxygen atoms in total. The summed E-state index contributed by atoms with van der Waals surface area (Å²) in [6, 6.07) is 10.6. The van der Waals surface area contributed by atoms with Gasteiger partial charge in [0.15, 0.2) is 6.61 Å². The SMILES string of the molecule is Cc1ccc(CN(C)C(=O)COC(=O)CCc2nc3ccccc3c(=O)[nH]2)o1. The third-order valence-electron chi connectivity index (χ3n) is 4.20. The number of aryl methyl sites for hydroxylation is 2. The highest BCUT2D eigenvalue weighted by Crippen LogP contribution is 2.09. The van der Waals surface area contributed by atoms with E-state index >= 15 is 0 Å². The first-order chi connectivity index (χ1) is 13.4. The zero-order chi connectivity index (χ0) is 20.1. The fraction of sp³-hybridized carbons (Fsp3) is 0.300. The third kappa shape index (κ3) is 4.85. The molecule has 0 bridgehead atoms. The number of amides is 1. The van der Waals surface area contributed by atoms with E-state index in [0.717, 1.165) is 5.76 Å². The lowest BCUT2D eigenvalue weighted by molar-refractivity contribution is -0.151. The molecule has 3 rings (SSSR count). The quantitative estimate of drug-likeness (QED) is 0.625. The van der Waals surface area contributed by atoms with Gasteiger partial charge in [-0.3, -0.25) is 14.4 Å². The van der Waals surface area contributed by atoms with E-state index in [1.807, 2.05) is 13.0 Å². The monoisotopic (exact) mass is 383 g/mol. The Morgan fingerprint density at radius 3 is 2.75 bits per heavy atom. The largest absolute Gasteiger partial charge is 0.464 e. The normalized spacial score (nSPS) is 10.8. The van der Waals surface area contributed by atoms with Gasteiger partial charge in [-0.25, -0.2) is 4.98 Å². The summed E-state index contributed by atoms with van der Waals surface area (Å²) in [5.74, 6) is 0.956. The molecule has 1 amide bonds. The molecular formula is C20H21N3O5. The number of hydrogen-bond acceptors (Lipinski definition) is 6. The Kier molecular flexibility index (Phi) is 5.88. The Bertz CT molecular complexity index is 1050. The number of carbonyl (C=O) groups is 2. The van der Waals surface area contributed by atoms with Gasteiger partial charge in [-0.15, -0.1) is 0 Å². The smallest absolute Gasteiger partial charge is 0.306 e. The van der Waals surface area contributed by atoms with Gasteiger partial charge >= 0.3 is 5.97 Å². The van der Waals surface area contributed by atoms with Crippen LogP contribution < -0.4 is 5.56 Å². The minimum Gasteiger partial charge on any atom is -0.464 e. The molecule has 1 aromatic carbocycles. The van der Waals surface area contributed by atoms with Crippen LogP contribution >= 0.6 is 0 Å². The fourth-order valence-corrected chi connectivity index (χ4v) is 2.69. The Balaban J connectivity index is 1.48. The van der Waals surface area contributed by atoms with Crippen LogP contribution in [-0.2, 0) is 27.3 Å². The predicted molar refractivity (Wildman–Crippen MR) is 102 cm³/mol. The van der Waals surface area contributed by atoms with Gasteiger partial charge in [0.2, 0.25) is 0 Å². The number of carbonyl (C=O) groups excluding carboxylic acids is 2. The number of likely N-dealkylation sites (N-methyl/N-ethyl adjacent to an activating group) is 1. The second kappa shape index (κ2) is 8.51. The molecule has 0 radical (unpaired) electrons. The van der Waals surface area contributed by atoms with Crippen molar-refractivity contribution in [3.63, 3.8) is 0 Å². The minimum absolute atomic E-state index is 0.00958. The molecule has 0 saturated carbocycles. The van der Waals surface area contributed by atoms with Gasteiger partial charge in [0.05, 0.1) is 23.9 Å². The van der Waals surface area contributed by atoms with Crippen molar-refractivity contribution in [1.82, 2.24) is 14.9 Å². The molecule has 28 heavy (non-hydrogen) atoms. The summed E-state index contributed by atoms with van der Waals surface area (Å²) < 4.78 is 10.4. The van der Waals surface area contributed by atoms with Crippen molar-refractivity contribution in [3.05, 3.63) is 64.1 Å². The molecular weight excluding hydrogens is 362 g/mol. The number of benzene rings is 1. The van der Waals surface area contributed by atoms with E-state index < -0.39 is 5.97 Å². The lowest BCUT2D eigenvalue weighted by Crippen LogP contribution is -2.30. The van der Waals surface area contributed by atoms with Gasteiger partial charge in [0, 0.05) is 13.5 Å². The number of esters is 1. The Morgan fingerprint density at radius 1 is 1.21 bits per heavy atom. The second-order valence-corrected chi connectivity index (χ2v) is 6.45. The van der Waals surface area contributed by atoms with Gasteiger partial charge < -0.3 is 19.0 Å². The Hall–Kier alpha value is -3.42. The standard InChI is InChI=1S/C20H21N3O5/c1-13-7-8-14(28-13)11-23(2)18(24)12-27-19(25)10-9-17-21-16-6-4-3-5-15(16)20(26)22-17/h3-8H,9-12H2,1-2H3,(H,21,22,26). The molecule has 3 aromatic rings. The van der Waals surface area contributed by atoms with E-state index in [9.17, 15) is 14.4 Å². The molecule has 146 valence electrons. The molecule has 0 aliphatic rings. The van der Waals surface area contributed by atoms with Gasteiger partial charge in [0.25, 0.3) is 11.5 Å². The summed E-state index contributed by atoms with van der Waals surface area (Å²) in [6.07, 6.45) is 0.226. The number of nitrogens with one attached hydrogen (secondary N) is 1. The van der Waals surface area contributed by atoms with Crippen molar-refractivity contribution in [3.8, 4) is 0 Å². The highest BCUT2D eigenvalue weighted by atomic mass is 16.5. The summed E-state index contributed by atoms with van der Waals surface area (Å²) in [7, 11) is 1.61. The van der Waals surface area contributed by atoms with Gasteiger partial charge in [-0.2, -0.15) is 0 Å². The van der Waals surface area contributed by atoms with Crippen molar-refractivity contribution in [2.75, 3.05) is 13.7 Å². The fourth-order valence-electron chi connectivity index (χ4n) is 2.69. The third-order valence-corrected chi connectivity index (χ3v) is 4.20. The molecule has 2 aromatic heterocycles. The number of furan rings is 1. The summed E-state index contributed by atoms with van der Waals surface area (Å²) in [6.45, 7) is 1.77. The second-order valence-electron chi connectivity index (χ2n) is 6.45. The molecule has 2 heterocycles. The summed E-state index contributed by atoms with van der Waals surface area (Å²) >= 11 is 0. The molecule has 1 N–H and O–H groups in total. The summed E-state index contributed by atoms with van der Waals surface area (Å²) in [5.41, 5.74) is 0.318. The molecule has 0 spiro atoms. The van der Waals surface area contributed by atoms with Crippen molar-refractivity contribution >= 4 is 22.8 Å². The molecule has 0 atom stereocenters. The zero-order valence-corrected chi connectivity index (χ0v) is 15.7. The van der Waals surface area contributed by atoms with Crippen molar-refractivity contribution < 1.29 is 18.7 Å². The number of aromatic amines is 1. The maximum atomic E-state index is 12.1. The highest BCUT2D eigenvalue weighted by molar-refractivity contribution is 5.80. The molecule has 0 saturated heterocycles. The lowest BCUT2D eigenvalue weighted by atomic mass is 10.2.